The van der Waals surface area contributed by atoms with E-state index in [9.17, 15) is 4.79 Å². The summed E-state index contributed by atoms with van der Waals surface area (Å²) in [4.78, 5) is 12.1. The first kappa shape index (κ1) is 27.7. The van der Waals surface area contributed by atoms with Gasteiger partial charge in [0.2, 0.25) is 0 Å². The Hall–Kier alpha value is -2.59. The van der Waals surface area contributed by atoms with Gasteiger partial charge in [-0.1, -0.05) is 76.0 Å². The second kappa shape index (κ2) is 18.8. The smallest absolute Gasteiger partial charge is 0.338 e. The minimum absolute atomic E-state index is 0.373. The molecule has 4 nitrogen and oxygen atoms in total. The number of carbonyl (C=O) groups excluding carboxylic acids is 1. The number of fused-ring (bicyclic) bond motifs is 2. The molecule has 0 aliphatic carbocycles. The predicted molar refractivity (Wildman–Crippen MR) is 138 cm³/mol. The van der Waals surface area contributed by atoms with Gasteiger partial charge >= 0.3 is 5.97 Å². The van der Waals surface area contributed by atoms with Gasteiger partial charge in [0.05, 0.1) is 25.9 Å². The molecule has 186 valence electrons. The Kier molecular flexibility index (Phi) is 15.3. The molecule has 0 radical (unpaired) electrons. The van der Waals surface area contributed by atoms with E-state index in [1.165, 1.54) is 71.3 Å². The van der Waals surface area contributed by atoms with Gasteiger partial charge in [-0.25, -0.2) is 4.79 Å². The van der Waals surface area contributed by atoms with E-state index in [1.54, 1.807) is 12.1 Å². The number of esters is 1. The fourth-order valence-electron chi connectivity index (χ4n) is 3.97. The Morgan fingerprint density at radius 1 is 0.647 bits per heavy atom. The largest absolute Gasteiger partial charge is 0.493 e. The minimum atomic E-state index is -0.373. The van der Waals surface area contributed by atoms with Crippen molar-refractivity contribution in [3.05, 3.63) is 23.8 Å². The molecule has 0 atom stereocenters. The van der Waals surface area contributed by atoms with Crippen LogP contribution in [0.3, 0.4) is 0 Å². The van der Waals surface area contributed by atoms with Crippen LogP contribution < -0.4 is 9.47 Å². The highest BCUT2D eigenvalue weighted by atomic mass is 16.5. The van der Waals surface area contributed by atoms with Crippen molar-refractivity contribution in [3.8, 4) is 35.2 Å². The van der Waals surface area contributed by atoms with Crippen molar-refractivity contribution in [2.75, 3.05) is 20.3 Å². The lowest BCUT2D eigenvalue weighted by Gasteiger charge is -2.12. The molecule has 1 heterocycles. The zero-order valence-corrected chi connectivity index (χ0v) is 21.1. The van der Waals surface area contributed by atoms with Crippen molar-refractivity contribution in [1.82, 2.24) is 0 Å². The monoisotopic (exact) mass is 466 g/mol. The molecule has 2 rings (SSSR count). The lowest BCUT2D eigenvalue weighted by Crippen LogP contribution is -2.05. The maximum absolute atomic E-state index is 12.1. The zero-order chi connectivity index (χ0) is 24.1. The molecule has 0 amide bonds. The van der Waals surface area contributed by atoms with Crippen LogP contribution in [0.4, 0.5) is 0 Å². The average molecular weight is 467 g/mol. The van der Waals surface area contributed by atoms with E-state index >= 15 is 0 Å². The lowest BCUT2D eigenvalue weighted by atomic mass is 10.1. The summed E-state index contributed by atoms with van der Waals surface area (Å²) in [7, 11) is 1.39. The zero-order valence-electron chi connectivity index (χ0n) is 21.1. The molecule has 1 aromatic carbocycles. The predicted octanol–water partition coefficient (Wildman–Crippen LogP) is 7.49. The highest BCUT2D eigenvalue weighted by Gasteiger charge is 2.11. The Morgan fingerprint density at radius 3 is 1.50 bits per heavy atom. The van der Waals surface area contributed by atoms with Gasteiger partial charge in [-0.15, -0.1) is 0 Å². The van der Waals surface area contributed by atoms with Crippen LogP contribution in [-0.2, 0) is 4.74 Å². The molecule has 0 saturated heterocycles. The summed E-state index contributed by atoms with van der Waals surface area (Å²) in [5, 5.41) is 0. The molecule has 0 saturated carbocycles. The van der Waals surface area contributed by atoms with E-state index in [2.05, 4.69) is 23.7 Å². The summed E-state index contributed by atoms with van der Waals surface area (Å²) >= 11 is 0. The van der Waals surface area contributed by atoms with Crippen molar-refractivity contribution in [1.29, 1.82) is 0 Å². The Labute approximate surface area is 207 Å². The standard InChI is InChI=1S/C30H42O4/c1-32-30(31)27-24-28-26-29(25-27)34-23-21-19-17-15-13-11-9-7-5-3-2-4-6-8-10-12-14-16-18-20-22-33-28/h24-26H,6-23H2,1H3. The van der Waals surface area contributed by atoms with E-state index in [0.29, 0.717) is 30.3 Å². The molecule has 4 heteroatoms. The van der Waals surface area contributed by atoms with Crippen molar-refractivity contribution in [3.63, 3.8) is 0 Å². The van der Waals surface area contributed by atoms with Crippen LogP contribution in [0.2, 0.25) is 0 Å². The second-order valence-electron chi connectivity index (χ2n) is 8.93. The number of hydrogen-bond acceptors (Lipinski definition) is 4. The minimum Gasteiger partial charge on any atom is -0.493 e. The van der Waals surface area contributed by atoms with Crippen molar-refractivity contribution in [2.45, 2.75) is 103 Å². The number of ether oxygens (including phenoxy) is 3. The summed E-state index contributed by atoms with van der Waals surface area (Å²) in [6, 6.07) is 5.36. The average Bonchev–Trinajstić information content (AvgIpc) is 2.85. The van der Waals surface area contributed by atoms with Crippen LogP contribution in [0.1, 0.15) is 113 Å². The molecule has 34 heavy (non-hydrogen) atoms. The number of methoxy groups -OCH3 is 1. The van der Waals surface area contributed by atoms with Crippen LogP contribution in [0, 0.1) is 23.7 Å². The first-order valence-electron chi connectivity index (χ1n) is 13.2. The van der Waals surface area contributed by atoms with Gasteiger partial charge in [0.25, 0.3) is 0 Å². The summed E-state index contributed by atoms with van der Waals surface area (Å²) < 4.78 is 16.8. The van der Waals surface area contributed by atoms with Crippen molar-refractivity contribution < 1.29 is 19.0 Å². The number of benzene rings is 1. The molecule has 2 bridgehead atoms. The van der Waals surface area contributed by atoms with Gasteiger partial charge in [-0.2, -0.15) is 0 Å². The third kappa shape index (κ3) is 13.2. The molecular formula is C30H42O4. The molecule has 0 aromatic heterocycles. The van der Waals surface area contributed by atoms with E-state index in [0.717, 1.165) is 38.5 Å². The van der Waals surface area contributed by atoms with Gasteiger partial charge in [-0.3, -0.25) is 0 Å². The first-order chi connectivity index (χ1) is 16.8. The first-order valence-corrected chi connectivity index (χ1v) is 13.2. The topological polar surface area (TPSA) is 44.8 Å². The normalized spacial score (nSPS) is 17.8. The van der Waals surface area contributed by atoms with Crippen molar-refractivity contribution >= 4 is 5.97 Å². The van der Waals surface area contributed by atoms with Crippen LogP contribution in [0.5, 0.6) is 11.5 Å². The highest BCUT2D eigenvalue weighted by Crippen LogP contribution is 2.24. The molecule has 1 aromatic rings. The fraction of sp³-hybridized carbons (Fsp3) is 0.633. The van der Waals surface area contributed by atoms with Crippen molar-refractivity contribution in [2.24, 2.45) is 0 Å². The third-order valence-electron chi connectivity index (χ3n) is 5.97. The fourth-order valence-corrected chi connectivity index (χ4v) is 3.97. The SMILES string of the molecule is COC(=O)c1cc2cc(c1)OCCCCCCCCCC#CC#CCCCCCCCCCO2. The van der Waals surface area contributed by atoms with Gasteiger partial charge in [0.15, 0.2) is 0 Å². The van der Waals surface area contributed by atoms with Gasteiger partial charge in [0.1, 0.15) is 11.5 Å². The van der Waals surface area contributed by atoms with Gasteiger partial charge in [0, 0.05) is 18.9 Å². The molecule has 0 N–H and O–H groups in total. The molecule has 1 aliphatic rings. The molecular weight excluding hydrogens is 424 g/mol. The van der Waals surface area contributed by atoms with E-state index in [-0.39, 0.29) is 5.97 Å². The van der Waals surface area contributed by atoms with Crippen LogP contribution in [0.25, 0.3) is 0 Å². The van der Waals surface area contributed by atoms with Crippen LogP contribution >= 0.6 is 0 Å². The highest BCUT2D eigenvalue weighted by molar-refractivity contribution is 5.90. The Bertz CT molecular complexity index is 763. The summed E-state index contributed by atoms with van der Waals surface area (Å²) in [5.41, 5.74) is 0.466. The Morgan fingerprint density at radius 2 is 1.06 bits per heavy atom. The quantitative estimate of drug-likeness (QED) is 0.318. The Balaban J connectivity index is 1.84. The summed E-state index contributed by atoms with van der Waals surface area (Å²) in [6.45, 7) is 1.28. The van der Waals surface area contributed by atoms with Gasteiger partial charge in [-0.05, 0) is 49.7 Å². The number of carbonyl (C=O) groups is 1. The molecule has 1 aliphatic heterocycles. The number of rotatable bonds is 1. The third-order valence-corrected chi connectivity index (χ3v) is 5.97. The van der Waals surface area contributed by atoms with Gasteiger partial charge < -0.3 is 14.2 Å². The van der Waals surface area contributed by atoms with E-state index in [1.807, 2.05) is 6.07 Å². The lowest BCUT2D eigenvalue weighted by molar-refractivity contribution is 0.0599. The maximum atomic E-state index is 12.1. The van der Waals surface area contributed by atoms with E-state index < -0.39 is 0 Å². The molecule has 0 unspecified atom stereocenters. The number of hydrogen-bond donors (Lipinski definition) is 0. The molecule has 0 fully saturated rings. The maximum Gasteiger partial charge on any atom is 0.338 e. The molecule has 0 spiro atoms. The van der Waals surface area contributed by atoms with Crippen LogP contribution in [-0.4, -0.2) is 26.3 Å². The van der Waals surface area contributed by atoms with E-state index in [4.69, 9.17) is 14.2 Å². The second-order valence-corrected chi connectivity index (χ2v) is 8.93. The summed E-state index contributed by atoms with van der Waals surface area (Å²) in [6.07, 6.45) is 18.5. The van der Waals surface area contributed by atoms with Crippen LogP contribution in [0.15, 0.2) is 18.2 Å². The summed E-state index contributed by atoms with van der Waals surface area (Å²) in [5.74, 6) is 13.4.